The van der Waals surface area contributed by atoms with Crippen LogP contribution in [0, 0.1) is 5.41 Å². The Kier molecular flexibility index (Phi) is 116. The molecular formula is C94H140F22O25. The number of carbonyl (C=O) groups is 14. The third kappa shape index (κ3) is 105. The van der Waals surface area contributed by atoms with E-state index in [9.17, 15) is 164 Å². The van der Waals surface area contributed by atoms with Crippen molar-refractivity contribution in [1.82, 2.24) is 0 Å². The molecule has 0 saturated carbocycles. The number of methoxy groups -OCH3 is 2. The van der Waals surface area contributed by atoms with Crippen LogP contribution in [0.4, 0.5) is 96.6 Å². The summed E-state index contributed by atoms with van der Waals surface area (Å²) in [6.07, 6.45) is -24.6. The molecule has 0 spiro atoms. The highest BCUT2D eigenvalue weighted by molar-refractivity contribution is 5.95. The lowest BCUT2D eigenvalue weighted by molar-refractivity contribution is -0.345. The van der Waals surface area contributed by atoms with Crippen molar-refractivity contribution in [1.29, 1.82) is 0 Å². The first kappa shape index (κ1) is 171. The Bertz CT molecular complexity index is 3850. The zero-order valence-corrected chi connectivity index (χ0v) is 82.2. The molecule has 820 valence electrons. The number of benzene rings is 1. The van der Waals surface area contributed by atoms with Crippen LogP contribution in [0.25, 0.3) is 0 Å². The quantitative estimate of drug-likeness (QED) is 0.0161. The average Bonchev–Trinajstić information content (AvgIpc) is 0.745. The summed E-state index contributed by atoms with van der Waals surface area (Å²) in [6.45, 7) is 72.5. The summed E-state index contributed by atoms with van der Waals surface area (Å²) in [5.74, 6) is -12.3. The van der Waals surface area contributed by atoms with Gasteiger partial charge in [0.2, 0.25) is 17.5 Å². The largest absolute Gasteiger partial charge is 0.464 e. The van der Waals surface area contributed by atoms with Crippen LogP contribution in [0.3, 0.4) is 0 Å². The van der Waals surface area contributed by atoms with E-state index in [0.29, 0.717) is 54.9 Å². The van der Waals surface area contributed by atoms with Crippen molar-refractivity contribution in [3.63, 3.8) is 0 Å². The van der Waals surface area contributed by atoms with Crippen molar-refractivity contribution in [2.45, 2.75) is 228 Å². The second kappa shape index (κ2) is 95.3. The number of hydrogen-bond donors (Lipinski definition) is 0. The molecule has 0 radical (unpaired) electrons. The number of ether oxygens (including phenoxy) is 10. The van der Waals surface area contributed by atoms with Crippen LogP contribution in [0.1, 0.15) is 191 Å². The molecule has 0 aliphatic carbocycles. The fraction of sp³-hybridized carbons (Fsp3) is 0.489. The Balaban J connectivity index is -0.0000000737. The molecule has 47 heteroatoms. The number of rotatable bonds is 32. The van der Waals surface area contributed by atoms with E-state index >= 15 is 0 Å². The first-order chi connectivity index (χ1) is 62.4. The molecule has 0 amide bonds. The lowest BCUT2D eigenvalue weighted by Crippen LogP contribution is -2.51. The monoisotopic (exact) mass is 2090 g/mol. The van der Waals surface area contributed by atoms with E-state index < -0.39 is 155 Å². The molecule has 1 rings (SSSR count). The average molecular weight is 2090 g/mol. The van der Waals surface area contributed by atoms with Crippen LogP contribution in [0.15, 0.2) is 197 Å². The van der Waals surface area contributed by atoms with Crippen molar-refractivity contribution in [3.05, 3.63) is 202 Å². The van der Waals surface area contributed by atoms with Crippen LogP contribution in [-0.2, 0) is 115 Å². The summed E-state index contributed by atoms with van der Waals surface area (Å²) in [7, 11) is 2.55. The van der Waals surface area contributed by atoms with Gasteiger partial charge in [-0.05, 0) is 150 Å². The van der Waals surface area contributed by atoms with Gasteiger partial charge in [-0.25, -0.2) is 42.7 Å². The maximum absolute atomic E-state index is 12.9. The molecule has 0 aliphatic heterocycles. The maximum atomic E-state index is 12.9. The number of halogens is 22. The van der Waals surface area contributed by atoms with Crippen LogP contribution < -0.4 is 4.74 Å². The van der Waals surface area contributed by atoms with Crippen molar-refractivity contribution < 1.29 is 217 Å². The Morgan fingerprint density at radius 1 is 0.348 bits per heavy atom. The number of ketones is 6. The lowest BCUT2D eigenvalue weighted by atomic mass is 9.81. The van der Waals surface area contributed by atoms with Crippen LogP contribution >= 0.6 is 0 Å². The van der Waals surface area contributed by atoms with Gasteiger partial charge in [0.05, 0.1) is 58.9 Å². The number of alkyl halides is 18. The highest BCUT2D eigenvalue weighted by atomic mass is 19.4. The molecular weight excluding hydrogens is 1950 g/mol. The second-order valence-corrected chi connectivity index (χ2v) is 25.1. The van der Waals surface area contributed by atoms with E-state index in [-0.39, 0.29) is 113 Å². The molecule has 1 aromatic rings. The highest BCUT2D eigenvalue weighted by Crippen LogP contribution is 2.52. The van der Waals surface area contributed by atoms with E-state index in [0.717, 1.165) is 52.0 Å². The Labute approximate surface area is 812 Å². The van der Waals surface area contributed by atoms with E-state index in [4.69, 9.17) is 9.47 Å². The molecule has 0 saturated heterocycles. The molecule has 0 aromatic heterocycles. The van der Waals surface area contributed by atoms with Gasteiger partial charge in [-0.2, -0.15) is 92.2 Å². The normalized spacial score (nSPS) is 9.65. The van der Waals surface area contributed by atoms with E-state index in [1.54, 1.807) is 41.5 Å². The number of allylic oxidation sites excluding steroid dienone is 6. The van der Waals surface area contributed by atoms with Gasteiger partial charge < -0.3 is 52.8 Å². The summed E-state index contributed by atoms with van der Waals surface area (Å²) < 4.78 is 311. The topological polar surface area (TPSA) is 363 Å². The zero-order chi connectivity index (χ0) is 114. The number of hydrogen-bond acceptors (Lipinski definition) is 24. The van der Waals surface area contributed by atoms with Crippen LogP contribution in [-0.4, -0.2) is 199 Å². The van der Waals surface area contributed by atoms with Crippen molar-refractivity contribution in [3.8, 4) is 5.75 Å². The molecule has 0 aliphatic rings. The molecule has 2 N–H and O–H groups in total. The summed E-state index contributed by atoms with van der Waals surface area (Å²) in [5.41, 5.74) is -9.95. The standard InChI is InChI=1S/C14H12F6O2.C11H14F6O3.C7H9F3O2.C7H12O2.C6H9FO3.C6H10O.C5H5F3O.C5H7FO2.C5H8O2.2C5H8O.C4H5FO2.C4H5FO.C4H6O.2C2H6.2CH4.H2O/c1-8(2)11(21)22-10-6-4-9(5-7-10)12(3,13(15,16)17)14(18,19)20;1-7(2)8(18)20-5-4-19-6-9(3,10(12,13)14)11(15,16)17;1-3-4-12-6(11)5(2)7(8,9)10;1-4-5-9-7(8)6(2)3;1-5(7)6(8)10-4-3-9-2;1-3-5-6(7)4-2;1-3(4(2)9)5(6,7)8;1-3-8-5(7)4(2)6;1-3-5(6)7-4-2;2*1-4(2)5(3)6;1-3(5)4(6)7-2;1-3(5)4(2)6;1-3-4(2)5;2*1-2;;;/h4-7H,1H2,2-3H3;1,4-6H2,2-3H3;2-4H2,1H3;2,4-5H2,1,3H3;1,3-4H2,2H3;4H,2-3,5H2,1H3;1H2,2H3;2-3H2,1H3;3H,1,4H2,2H3;2*1H2,2-3H3;1H2,2H3;1H2,2H3;3H,1H2,2H3;2*1-2H3;2*1H4;1H2. The summed E-state index contributed by atoms with van der Waals surface area (Å²) in [4.78, 5) is 143. The summed E-state index contributed by atoms with van der Waals surface area (Å²) >= 11 is 0. The molecule has 0 fully saturated rings. The Morgan fingerprint density at radius 2 is 0.645 bits per heavy atom. The Hall–Kier alpha value is -12.3. The van der Waals surface area contributed by atoms with Crippen molar-refractivity contribution in [2.24, 2.45) is 5.41 Å². The van der Waals surface area contributed by atoms with Gasteiger partial charge in [0, 0.05) is 43.2 Å². The van der Waals surface area contributed by atoms with Crippen LogP contribution in [0.5, 0.6) is 5.75 Å². The molecule has 25 nitrogen and oxygen atoms in total. The lowest BCUT2D eigenvalue weighted by Gasteiger charge is -2.34. The predicted molar refractivity (Wildman–Crippen MR) is 493 cm³/mol. The van der Waals surface area contributed by atoms with Gasteiger partial charge in [-0.3, -0.25) is 28.8 Å². The molecule has 0 heterocycles. The first-order valence-corrected chi connectivity index (χ1v) is 39.3. The smallest absolute Gasteiger partial charge is 0.422 e. The number of Topliss-reactive ketones (excluding diaryl/α,β-unsaturated/α-hetero) is 4. The van der Waals surface area contributed by atoms with Gasteiger partial charge in [0.25, 0.3) is 0 Å². The van der Waals surface area contributed by atoms with Gasteiger partial charge in [0.1, 0.15) is 24.5 Å². The van der Waals surface area contributed by atoms with Gasteiger partial charge in [-0.1, -0.05) is 168 Å². The van der Waals surface area contributed by atoms with E-state index in [1.807, 2.05) is 41.5 Å². The van der Waals surface area contributed by atoms with E-state index in [2.05, 4.69) is 130 Å². The van der Waals surface area contributed by atoms with Crippen molar-refractivity contribution in [2.75, 3.05) is 73.7 Å². The number of carbonyl (C=O) groups excluding carboxylic acids is 14. The zero-order valence-electron chi connectivity index (χ0n) is 82.2. The Morgan fingerprint density at radius 3 is 0.830 bits per heavy atom. The highest BCUT2D eigenvalue weighted by Gasteiger charge is 2.69. The molecule has 0 bridgehead atoms. The van der Waals surface area contributed by atoms with E-state index in [1.165, 1.54) is 53.9 Å². The predicted octanol–water partition coefficient (Wildman–Crippen LogP) is 24.3. The fourth-order valence-electron chi connectivity index (χ4n) is 4.54. The van der Waals surface area contributed by atoms with Gasteiger partial charge in [0.15, 0.2) is 51.4 Å². The minimum atomic E-state index is -5.53. The molecule has 1 aromatic carbocycles. The summed E-state index contributed by atoms with van der Waals surface area (Å²) in [6, 6.07) is 2.99. The summed E-state index contributed by atoms with van der Waals surface area (Å²) in [5, 5.41) is 0. The minimum absolute atomic E-state index is 0. The third-order valence-electron chi connectivity index (χ3n) is 12.8. The van der Waals surface area contributed by atoms with Crippen molar-refractivity contribution >= 4 is 82.5 Å². The SMILES string of the molecule is C.C.C=C(C(=O)OCCC)C(F)(F)F.C=C(C(C)=O)C(F)(F)F.C=C(C)C(=O)OCCC.C=C(C)C(=O)OCCOCC(C)(C(F)(F)F)C(F)(F)F.C=C(C)C(=O)Oc1ccc(C(C)(C(F)(F)F)C(F)(F)F)cc1.C=C(C)C(C)=O.C=C(C)C(C)=O.C=C(F)C(=O)OC.C=C(F)C(=O)OCC.C=C(F)C(=O)OCCOC.C=C(F)C(C)=O.C=CC(=O)CCC.C=CC(=O)OCC.C=CC(C)=O.CC.CC.O. The van der Waals surface area contributed by atoms with Crippen LogP contribution in [0.2, 0.25) is 0 Å². The molecule has 141 heavy (non-hydrogen) atoms. The third-order valence-corrected chi connectivity index (χ3v) is 12.8. The second-order valence-electron chi connectivity index (χ2n) is 25.1. The minimum Gasteiger partial charge on any atom is -0.464 e. The van der Waals surface area contributed by atoms with Gasteiger partial charge in [-0.15, -0.1) is 0 Å². The van der Waals surface area contributed by atoms with Gasteiger partial charge >= 0.3 is 84.8 Å². The number of esters is 8. The molecule has 0 atom stereocenters. The molecule has 0 unspecified atom stereocenters. The maximum Gasteiger partial charge on any atom is 0.422 e. The fourth-order valence-corrected chi connectivity index (χ4v) is 4.54. The first-order valence-electron chi connectivity index (χ1n) is 39.3.